The van der Waals surface area contributed by atoms with E-state index in [2.05, 4.69) is 14.7 Å². The molecule has 0 radical (unpaired) electrons. The van der Waals surface area contributed by atoms with Crippen LogP contribution in [0.2, 0.25) is 5.02 Å². The van der Waals surface area contributed by atoms with Crippen LogP contribution in [0.25, 0.3) is 11.0 Å². The molecule has 3 nitrogen and oxygen atoms in total. The zero-order chi connectivity index (χ0) is 10.1. The fraction of sp³-hybridized carbons (Fsp3) is 0.125. The molecule has 6 heteroatoms. The van der Waals surface area contributed by atoms with Crippen molar-refractivity contribution >= 4 is 22.6 Å². The van der Waals surface area contributed by atoms with Crippen LogP contribution in [-0.4, -0.2) is 16.6 Å². The number of imidazole rings is 1. The molecule has 14 heavy (non-hydrogen) atoms. The summed E-state index contributed by atoms with van der Waals surface area (Å²) in [7, 11) is 0. The molecule has 0 amide bonds. The standard InChI is InChI=1S/C8H5ClF2N2O/c9-5-1-4(14-8(10)11)2-6-7(5)13-3-12-6/h1-3,8H,(H,12,13). The monoisotopic (exact) mass is 218 g/mol. The minimum Gasteiger partial charge on any atom is -0.435 e. The largest absolute Gasteiger partial charge is 0.435 e. The minimum absolute atomic E-state index is 0.0155. The van der Waals surface area contributed by atoms with Gasteiger partial charge in [-0.2, -0.15) is 8.78 Å². The molecule has 0 atom stereocenters. The van der Waals surface area contributed by atoms with Gasteiger partial charge in [-0.3, -0.25) is 0 Å². The number of fused-ring (bicyclic) bond motifs is 1. The third-order valence-corrected chi connectivity index (χ3v) is 1.96. The molecular weight excluding hydrogens is 214 g/mol. The van der Waals surface area contributed by atoms with Crippen molar-refractivity contribution in [2.75, 3.05) is 0 Å². The van der Waals surface area contributed by atoms with Crippen LogP contribution in [-0.2, 0) is 0 Å². The van der Waals surface area contributed by atoms with Crippen LogP contribution < -0.4 is 4.74 Å². The minimum atomic E-state index is -2.86. The van der Waals surface area contributed by atoms with E-state index in [4.69, 9.17) is 11.6 Å². The molecule has 0 fully saturated rings. The Morgan fingerprint density at radius 2 is 2.21 bits per heavy atom. The van der Waals surface area contributed by atoms with Gasteiger partial charge in [0.15, 0.2) is 0 Å². The summed E-state index contributed by atoms with van der Waals surface area (Å²) in [6.45, 7) is -2.86. The smallest absolute Gasteiger partial charge is 0.387 e. The molecular formula is C8H5ClF2N2O. The molecule has 0 aliphatic heterocycles. The van der Waals surface area contributed by atoms with E-state index in [1.807, 2.05) is 0 Å². The quantitative estimate of drug-likeness (QED) is 0.842. The lowest BCUT2D eigenvalue weighted by Crippen LogP contribution is -2.01. The summed E-state index contributed by atoms with van der Waals surface area (Å²) in [5, 5.41) is 0.277. The topological polar surface area (TPSA) is 37.9 Å². The van der Waals surface area contributed by atoms with E-state index in [0.717, 1.165) is 0 Å². The Morgan fingerprint density at radius 1 is 1.43 bits per heavy atom. The van der Waals surface area contributed by atoms with Crippen molar-refractivity contribution in [3.05, 3.63) is 23.5 Å². The highest BCUT2D eigenvalue weighted by Gasteiger charge is 2.09. The number of hydrogen-bond acceptors (Lipinski definition) is 2. The van der Waals surface area contributed by atoms with Gasteiger partial charge in [0.05, 0.1) is 16.9 Å². The number of aromatic nitrogens is 2. The van der Waals surface area contributed by atoms with Crippen LogP contribution in [0.15, 0.2) is 18.5 Å². The van der Waals surface area contributed by atoms with Crippen LogP contribution in [0.5, 0.6) is 5.75 Å². The second-order valence-electron chi connectivity index (χ2n) is 2.58. The van der Waals surface area contributed by atoms with E-state index in [9.17, 15) is 8.78 Å². The first-order valence-electron chi connectivity index (χ1n) is 3.74. The average molecular weight is 219 g/mol. The van der Waals surface area contributed by atoms with Gasteiger partial charge in [-0.25, -0.2) is 4.98 Å². The van der Waals surface area contributed by atoms with Crippen molar-refractivity contribution in [1.82, 2.24) is 9.97 Å². The Hall–Kier alpha value is -1.36. The first-order valence-corrected chi connectivity index (χ1v) is 4.12. The SMILES string of the molecule is FC(F)Oc1cc(Cl)c2nc[nH]c2c1. The van der Waals surface area contributed by atoms with Crippen molar-refractivity contribution < 1.29 is 13.5 Å². The number of ether oxygens (including phenoxy) is 1. The fourth-order valence-corrected chi connectivity index (χ4v) is 1.41. The second-order valence-corrected chi connectivity index (χ2v) is 2.99. The number of rotatable bonds is 2. The van der Waals surface area contributed by atoms with Crippen LogP contribution in [0.3, 0.4) is 0 Å². The summed E-state index contributed by atoms with van der Waals surface area (Å²) in [6.07, 6.45) is 1.43. The molecule has 0 spiro atoms. The lowest BCUT2D eigenvalue weighted by atomic mass is 10.3. The van der Waals surface area contributed by atoms with Crippen LogP contribution in [0.4, 0.5) is 8.78 Å². The number of hydrogen-bond donors (Lipinski definition) is 1. The molecule has 1 heterocycles. The number of benzene rings is 1. The van der Waals surface area contributed by atoms with E-state index in [-0.39, 0.29) is 10.8 Å². The van der Waals surface area contributed by atoms with E-state index >= 15 is 0 Å². The molecule has 2 rings (SSSR count). The van der Waals surface area contributed by atoms with Crippen LogP contribution in [0.1, 0.15) is 0 Å². The zero-order valence-corrected chi connectivity index (χ0v) is 7.55. The van der Waals surface area contributed by atoms with E-state index in [0.29, 0.717) is 11.0 Å². The van der Waals surface area contributed by atoms with Crippen molar-refractivity contribution in [3.63, 3.8) is 0 Å². The van der Waals surface area contributed by atoms with Gasteiger partial charge in [0.2, 0.25) is 0 Å². The fourth-order valence-electron chi connectivity index (χ4n) is 1.15. The molecule has 1 N–H and O–H groups in total. The maximum Gasteiger partial charge on any atom is 0.387 e. The maximum absolute atomic E-state index is 11.9. The van der Waals surface area contributed by atoms with Crippen LogP contribution in [0, 0.1) is 0 Å². The summed E-state index contributed by atoms with van der Waals surface area (Å²) < 4.78 is 28.0. The van der Waals surface area contributed by atoms with Gasteiger partial charge in [-0.15, -0.1) is 0 Å². The Bertz CT molecular complexity index is 458. The molecule has 0 unspecified atom stereocenters. The van der Waals surface area contributed by atoms with Crippen molar-refractivity contribution in [2.24, 2.45) is 0 Å². The molecule has 0 bridgehead atoms. The molecule has 0 aliphatic rings. The van der Waals surface area contributed by atoms with Crippen molar-refractivity contribution in [1.29, 1.82) is 0 Å². The van der Waals surface area contributed by atoms with Gasteiger partial charge in [0, 0.05) is 12.1 Å². The molecule has 2 aromatic rings. The number of nitrogens with zero attached hydrogens (tertiary/aromatic N) is 1. The molecule has 0 aliphatic carbocycles. The summed E-state index contributed by atoms with van der Waals surface area (Å²) in [6, 6.07) is 2.72. The highest BCUT2D eigenvalue weighted by molar-refractivity contribution is 6.35. The first kappa shape index (κ1) is 9.21. The first-order chi connectivity index (χ1) is 6.66. The number of aromatic amines is 1. The normalized spacial score (nSPS) is 11.1. The third kappa shape index (κ3) is 1.63. The molecule has 0 saturated heterocycles. The van der Waals surface area contributed by atoms with Gasteiger partial charge in [-0.1, -0.05) is 11.6 Å². The number of alkyl halides is 2. The summed E-state index contributed by atoms with van der Waals surface area (Å²) >= 11 is 5.78. The summed E-state index contributed by atoms with van der Waals surface area (Å²) in [4.78, 5) is 6.66. The van der Waals surface area contributed by atoms with Crippen molar-refractivity contribution in [3.8, 4) is 5.75 Å². The van der Waals surface area contributed by atoms with Gasteiger partial charge >= 0.3 is 6.61 Å². The maximum atomic E-state index is 11.9. The van der Waals surface area contributed by atoms with E-state index in [1.165, 1.54) is 18.5 Å². The Morgan fingerprint density at radius 3 is 2.93 bits per heavy atom. The lowest BCUT2D eigenvalue weighted by molar-refractivity contribution is -0.0497. The number of nitrogens with one attached hydrogen (secondary N) is 1. The molecule has 0 saturated carbocycles. The molecule has 1 aromatic heterocycles. The van der Waals surface area contributed by atoms with Gasteiger partial charge in [0.1, 0.15) is 11.3 Å². The predicted molar refractivity (Wildman–Crippen MR) is 47.7 cm³/mol. The number of H-pyrrole nitrogens is 1. The van der Waals surface area contributed by atoms with Gasteiger partial charge in [0.25, 0.3) is 0 Å². The third-order valence-electron chi connectivity index (χ3n) is 1.68. The summed E-state index contributed by atoms with van der Waals surface area (Å²) in [5.41, 5.74) is 1.10. The van der Waals surface area contributed by atoms with E-state index < -0.39 is 6.61 Å². The summed E-state index contributed by atoms with van der Waals surface area (Å²) in [5.74, 6) is 0.0155. The van der Waals surface area contributed by atoms with Gasteiger partial charge < -0.3 is 9.72 Å². The molecule has 1 aromatic carbocycles. The Balaban J connectivity index is 2.47. The second kappa shape index (κ2) is 3.42. The lowest BCUT2D eigenvalue weighted by Gasteiger charge is -2.04. The predicted octanol–water partition coefficient (Wildman–Crippen LogP) is 2.82. The number of halogens is 3. The zero-order valence-electron chi connectivity index (χ0n) is 6.80. The highest BCUT2D eigenvalue weighted by Crippen LogP contribution is 2.27. The average Bonchev–Trinajstić information content (AvgIpc) is 2.50. The van der Waals surface area contributed by atoms with Crippen LogP contribution >= 0.6 is 11.6 Å². The molecule has 74 valence electrons. The van der Waals surface area contributed by atoms with Crippen molar-refractivity contribution in [2.45, 2.75) is 6.61 Å². The Labute approximate surface area is 82.7 Å². The highest BCUT2D eigenvalue weighted by atomic mass is 35.5. The van der Waals surface area contributed by atoms with Gasteiger partial charge in [-0.05, 0) is 0 Å². The van der Waals surface area contributed by atoms with E-state index in [1.54, 1.807) is 0 Å². The Kier molecular flexibility index (Phi) is 2.25.